The van der Waals surface area contributed by atoms with Gasteiger partial charge in [0.15, 0.2) is 46.0 Å². The molecule has 13 heteroatoms. The van der Waals surface area contributed by atoms with Gasteiger partial charge in [0, 0.05) is 23.0 Å². The third-order valence-corrected chi connectivity index (χ3v) is 10.3. The third-order valence-electron chi connectivity index (χ3n) is 10.3. The van der Waals surface area contributed by atoms with E-state index in [0.717, 1.165) is 11.1 Å². The Morgan fingerprint density at radius 3 is 2.06 bits per heavy atom. The number of aromatic hydroxyl groups is 3. The number of hydrogen-bond acceptors (Lipinski definition) is 13. The molecule has 282 valence electrons. The highest BCUT2D eigenvalue weighted by molar-refractivity contribution is 5.75. The standard InChI is InChI=1S/C40H44O13/c1-48-32-15-22(5-7-30(32)43)36(45)28(17-41)26-11-21(13-34(50-3)37(26)46)10-25-24(19-52-40(25)47)9-20-12-27-29(18-42)38(53-39(27)35(14-20)51-4)23-6-8-31(44)33(16-23)49-2/h5-8,11-16,24-25,28-29,36,38,41-46H,9-10,17-19H2,1-4H3. The monoisotopic (exact) mass is 732 g/mol. The van der Waals surface area contributed by atoms with E-state index in [2.05, 4.69) is 0 Å². The minimum atomic E-state index is -1.30. The van der Waals surface area contributed by atoms with Crippen LogP contribution < -0.4 is 23.7 Å². The first-order chi connectivity index (χ1) is 25.5. The summed E-state index contributed by atoms with van der Waals surface area (Å²) < 4.78 is 33.6. The molecule has 0 saturated carbocycles. The van der Waals surface area contributed by atoms with E-state index in [9.17, 15) is 35.4 Å². The van der Waals surface area contributed by atoms with E-state index in [1.807, 2.05) is 12.1 Å². The van der Waals surface area contributed by atoms with Crippen molar-refractivity contribution in [2.24, 2.45) is 11.8 Å². The molecule has 0 bridgehead atoms. The summed E-state index contributed by atoms with van der Waals surface area (Å²) in [6.45, 7) is -0.601. The van der Waals surface area contributed by atoms with Crippen molar-refractivity contribution in [3.8, 4) is 46.0 Å². The lowest BCUT2D eigenvalue weighted by atomic mass is 9.82. The maximum absolute atomic E-state index is 13.2. The van der Waals surface area contributed by atoms with Gasteiger partial charge >= 0.3 is 5.97 Å². The van der Waals surface area contributed by atoms with Crippen LogP contribution in [0.3, 0.4) is 0 Å². The Kier molecular flexibility index (Phi) is 11.1. The van der Waals surface area contributed by atoms with Crippen LogP contribution in [0.15, 0.2) is 60.7 Å². The summed E-state index contributed by atoms with van der Waals surface area (Å²) in [7, 11) is 5.75. The number of phenolic OH excluding ortho intramolecular Hbond substituents is 3. The van der Waals surface area contributed by atoms with Crippen molar-refractivity contribution in [1.29, 1.82) is 0 Å². The first kappa shape index (κ1) is 37.4. The summed E-state index contributed by atoms with van der Waals surface area (Å²) in [5, 5.41) is 63.6. The number of hydrogen-bond donors (Lipinski definition) is 6. The average molecular weight is 733 g/mol. The summed E-state index contributed by atoms with van der Waals surface area (Å²) in [5.41, 5.74) is 3.46. The molecule has 1 saturated heterocycles. The zero-order valence-corrected chi connectivity index (χ0v) is 29.8. The van der Waals surface area contributed by atoms with Crippen molar-refractivity contribution in [2.75, 3.05) is 48.3 Å². The SMILES string of the molecule is COc1cc(C(O)C(CO)c2cc(CC3C(=O)OCC3Cc3cc(OC)c4c(c3)C(CO)C(c3ccc(O)c(OC)c3)O4)cc(OC)c2O)ccc1O. The lowest BCUT2D eigenvalue weighted by Gasteiger charge is -2.25. The van der Waals surface area contributed by atoms with Crippen LogP contribution in [0.4, 0.5) is 0 Å². The second-order valence-electron chi connectivity index (χ2n) is 13.3. The van der Waals surface area contributed by atoms with E-state index in [1.54, 1.807) is 24.3 Å². The fourth-order valence-electron chi connectivity index (χ4n) is 7.43. The van der Waals surface area contributed by atoms with E-state index in [4.69, 9.17) is 28.4 Å². The highest BCUT2D eigenvalue weighted by Crippen LogP contribution is 2.52. The number of aliphatic hydroxyl groups is 3. The van der Waals surface area contributed by atoms with Crippen LogP contribution in [0.1, 0.15) is 57.4 Å². The number of esters is 1. The smallest absolute Gasteiger partial charge is 0.309 e. The third kappa shape index (κ3) is 7.19. The Morgan fingerprint density at radius 2 is 1.40 bits per heavy atom. The number of cyclic esters (lactones) is 1. The fourth-order valence-corrected chi connectivity index (χ4v) is 7.43. The van der Waals surface area contributed by atoms with Crippen molar-refractivity contribution in [2.45, 2.75) is 36.9 Å². The van der Waals surface area contributed by atoms with E-state index >= 15 is 0 Å². The van der Waals surface area contributed by atoms with E-state index in [-0.39, 0.29) is 71.6 Å². The van der Waals surface area contributed by atoms with Crippen LogP contribution in [0.2, 0.25) is 0 Å². The molecule has 1 fully saturated rings. The number of carbonyl (C=O) groups is 1. The Balaban J connectivity index is 1.27. The van der Waals surface area contributed by atoms with E-state index in [0.29, 0.717) is 34.6 Å². The molecule has 2 aliphatic heterocycles. The van der Waals surface area contributed by atoms with Crippen LogP contribution in [0, 0.1) is 11.8 Å². The van der Waals surface area contributed by atoms with Gasteiger partial charge in [-0.15, -0.1) is 0 Å². The number of benzene rings is 4. The van der Waals surface area contributed by atoms with Gasteiger partial charge < -0.3 is 59.1 Å². The molecule has 0 aliphatic carbocycles. The van der Waals surface area contributed by atoms with Crippen molar-refractivity contribution < 1.29 is 63.9 Å². The maximum atomic E-state index is 13.2. The molecule has 0 spiro atoms. The molecular formula is C40H44O13. The Morgan fingerprint density at radius 1 is 0.755 bits per heavy atom. The molecule has 2 aliphatic rings. The normalized spacial score (nSPS) is 20.2. The average Bonchev–Trinajstić information content (AvgIpc) is 3.71. The van der Waals surface area contributed by atoms with Gasteiger partial charge in [0.2, 0.25) is 0 Å². The van der Waals surface area contributed by atoms with E-state index < -0.39 is 36.6 Å². The van der Waals surface area contributed by atoms with Gasteiger partial charge in [0.25, 0.3) is 0 Å². The molecule has 2 heterocycles. The molecular weight excluding hydrogens is 688 g/mol. The van der Waals surface area contributed by atoms with Gasteiger partial charge in [-0.1, -0.05) is 24.3 Å². The quantitative estimate of drug-likeness (QED) is 0.0999. The summed E-state index contributed by atoms with van der Waals surface area (Å²) in [5.74, 6) is -1.59. The molecule has 6 atom stereocenters. The second-order valence-corrected chi connectivity index (χ2v) is 13.3. The summed E-state index contributed by atoms with van der Waals surface area (Å²) in [6.07, 6.45) is -1.24. The molecule has 4 aromatic carbocycles. The zero-order chi connectivity index (χ0) is 38.0. The van der Waals surface area contributed by atoms with Crippen LogP contribution in [-0.4, -0.2) is 84.9 Å². The van der Waals surface area contributed by atoms with Crippen molar-refractivity contribution in [1.82, 2.24) is 0 Å². The van der Waals surface area contributed by atoms with Gasteiger partial charge in [-0.2, -0.15) is 0 Å². The van der Waals surface area contributed by atoms with Crippen molar-refractivity contribution in [3.63, 3.8) is 0 Å². The summed E-state index contributed by atoms with van der Waals surface area (Å²) >= 11 is 0. The van der Waals surface area contributed by atoms with Crippen LogP contribution in [-0.2, 0) is 22.4 Å². The molecule has 0 radical (unpaired) electrons. The largest absolute Gasteiger partial charge is 0.504 e. The van der Waals surface area contributed by atoms with Gasteiger partial charge in [-0.05, 0) is 71.5 Å². The topological polar surface area (TPSA) is 194 Å². The highest BCUT2D eigenvalue weighted by atomic mass is 16.5. The lowest BCUT2D eigenvalue weighted by Crippen LogP contribution is -2.21. The van der Waals surface area contributed by atoms with Crippen LogP contribution in [0.25, 0.3) is 0 Å². The molecule has 6 rings (SSSR count). The van der Waals surface area contributed by atoms with Gasteiger partial charge in [0.05, 0.1) is 66.2 Å². The van der Waals surface area contributed by atoms with Crippen molar-refractivity contribution in [3.05, 3.63) is 94.0 Å². The number of fused-ring (bicyclic) bond motifs is 1. The Hall–Kier alpha value is -5.37. The molecule has 53 heavy (non-hydrogen) atoms. The zero-order valence-electron chi connectivity index (χ0n) is 29.8. The van der Waals surface area contributed by atoms with E-state index in [1.165, 1.54) is 52.7 Å². The molecule has 6 unspecified atom stereocenters. The maximum Gasteiger partial charge on any atom is 0.309 e. The fraction of sp³-hybridized carbons (Fsp3) is 0.375. The van der Waals surface area contributed by atoms with Crippen LogP contribution in [0.5, 0.6) is 46.0 Å². The Bertz CT molecular complexity index is 1960. The number of aliphatic hydroxyl groups excluding tert-OH is 3. The predicted molar refractivity (Wildman–Crippen MR) is 190 cm³/mol. The molecule has 4 aromatic rings. The number of methoxy groups -OCH3 is 4. The predicted octanol–water partition coefficient (Wildman–Crippen LogP) is 4.43. The van der Waals surface area contributed by atoms with Gasteiger partial charge in [-0.25, -0.2) is 0 Å². The number of rotatable bonds is 14. The lowest BCUT2D eigenvalue weighted by molar-refractivity contribution is -0.141. The van der Waals surface area contributed by atoms with Crippen molar-refractivity contribution >= 4 is 5.97 Å². The minimum absolute atomic E-state index is 0.0158. The molecule has 0 aromatic heterocycles. The highest BCUT2D eigenvalue weighted by Gasteiger charge is 2.41. The Labute approximate surface area is 306 Å². The minimum Gasteiger partial charge on any atom is -0.504 e. The summed E-state index contributed by atoms with van der Waals surface area (Å²) in [6, 6.07) is 16.3. The summed E-state index contributed by atoms with van der Waals surface area (Å²) in [4.78, 5) is 13.2. The first-order valence-electron chi connectivity index (χ1n) is 17.1. The second kappa shape index (κ2) is 15.7. The number of ether oxygens (including phenoxy) is 6. The van der Waals surface area contributed by atoms with Crippen LogP contribution >= 0.6 is 0 Å². The number of phenols is 3. The molecule has 0 amide bonds. The number of carbonyl (C=O) groups excluding carboxylic acids is 1. The molecule has 13 nitrogen and oxygen atoms in total. The molecule has 6 N–H and O–H groups in total. The first-order valence-corrected chi connectivity index (χ1v) is 17.1. The van der Waals surface area contributed by atoms with Gasteiger partial charge in [0.1, 0.15) is 6.10 Å². The van der Waals surface area contributed by atoms with Gasteiger partial charge in [-0.3, -0.25) is 4.79 Å².